The molecule has 1 aromatic heterocycles. The third kappa shape index (κ3) is 6.88. The fourth-order valence-electron chi connectivity index (χ4n) is 10.3. The van der Waals surface area contributed by atoms with Crippen LogP contribution in [0.15, 0.2) is 168 Å². The van der Waals surface area contributed by atoms with E-state index in [2.05, 4.69) is 231 Å². The molecular formula is C61H57BN2O. The SMILES string of the molecule is Cc1cc2c3c(c1)N(c1ccc(-c4ccc(C(C)(C)C)cc4)cc1)c1cc(C(C)(C)C)ccc1B3c1cc(C(C)(C)C)ccc1N2c1ccc(-c2ccc3c(c2)oc2ccccc23)cc1. The largest absolute Gasteiger partial charge is 0.456 e. The van der Waals surface area contributed by atoms with E-state index in [4.69, 9.17) is 4.42 Å². The van der Waals surface area contributed by atoms with E-state index in [1.165, 1.54) is 72.5 Å². The van der Waals surface area contributed by atoms with Gasteiger partial charge in [-0.1, -0.05) is 159 Å². The van der Waals surface area contributed by atoms with E-state index < -0.39 is 0 Å². The Morgan fingerprint density at radius 3 is 1.49 bits per heavy atom. The summed E-state index contributed by atoms with van der Waals surface area (Å²) in [5, 5.41) is 2.30. The number of benzene rings is 8. The van der Waals surface area contributed by atoms with Crippen molar-refractivity contribution in [2.45, 2.75) is 85.5 Å². The molecule has 4 heteroatoms. The number of fused-ring (bicyclic) bond motifs is 7. The van der Waals surface area contributed by atoms with Gasteiger partial charge in [0.25, 0.3) is 6.71 Å². The average Bonchev–Trinajstić information content (AvgIpc) is 3.66. The molecule has 9 aromatic rings. The van der Waals surface area contributed by atoms with E-state index in [1.54, 1.807) is 0 Å². The van der Waals surface area contributed by atoms with Crippen LogP contribution in [-0.4, -0.2) is 6.71 Å². The first-order valence-corrected chi connectivity index (χ1v) is 23.3. The van der Waals surface area contributed by atoms with Crippen molar-refractivity contribution >= 4 is 79.2 Å². The highest BCUT2D eigenvalue weighted by Crippen LogP contribution is 2.46. The second kappa shape index (κ2) is 14.6. The minimum Gasteiger partial charge on any atom is -0.456 e. The summed E-state index contributed by atoms with van der Waals surface area (Å²) in [5.41, 5.74) is 23.1. The van der Waals surface area contributed by atoms with Crippen LogP contribution in [0.4, 0.5) is 34.1 Å². The highest BCUT2D eigenvalue weighted by atomic mass is 16.3. The molecule has 3 heterocycles. The van der Waals surface area contributed by atoms with Crippen LogP contribution in [0, 0.1) is 6.92 Å². The summed E-state index contributed by atoms with van der Waals surface area (Å²) in [6.07, 6.45) is 0. The van der Waals surface area contributed by atoms with Crippen LogP contribution in [-0.2, 0) is 16.2 Å². The van der Waals surface area contributed by atoms with Crippen LogP contribution in [0.1, 0.15) is 84.6 Å². The molecule has 0 radical (unpaired) electrons. The normalized spacial score (nSPS) is 13.6. The Morgan fingerprint density at radius 1 is 0.385 bits per heavy atom. The summed E-state index contributed by atoms with van der Waals surface area (Å²) in [5.74, 6) is 0. The van der Waals surface area contributed by atoms with Crippen molar-refractivity contribution in [3.63, 3.8) is 0 Å². The van der Waals surface area contributed by atoms with E-state index >= 15 is 0 Å². The molecule has 8 aromatic carbocycles. The Labute approximate surface area is 385 Å². The fraction of sp³-hybridized carbons (Fsp3) is 0.213. The van der Waals surface area contributed by atoms with Crippen molar-refractivity contribution in [3.8, 4) is 22.3 Å². The van der Waals surface area contributed by atoms with Crippen LogP contribution in [0.5, 0.6) is 0 Å². The van der Waals surface area contributed by atoms with E-state index in [0.717, 1.165) is 44.4 Å². The molecule has 0 saturated carbocycles. The number of nitrogens with zero attached hydrogens (tertiary/aromatic N) is 2. The molecule has 0 bridgehead atoms. The van der Waals surface area contributed by atoms with Crippen molar-refractivity contribution in [1.82, 2.24) is 0 Å². The first kappa shape index (κ1) is 41.0. The van der Waals surface area contributed by atoms with Gasteiger partial charge in [0.2, 0.25) is 0 Å². The standard InChI is InChI=1S/C61H57BN2O/c1-38-33-54-58-55(34-38)64(47-26-17-40(18-27-47)39-15-22-43(23-16-39)59(2,3)4)53-37-45(61(8,9)10)24-31-50(53)62(58)51-36-44(60(5,6)7)25-32-52(51)63(54)46-28-19-41(20-29-46)42-21-30-49-48-13-11-12-14-56(48)65-57(49)35-42/h11-37H,1-10H3. The quantitative estimate of drug-likeness (QED) is 0.165. The highest BCUT2D eigenvalue weighted by Gasteiger charge is 2.44. The smallest absolute Gasteiger partial charge is 0.252 e. The van der Waals surface area contributed by atoms with Crippen LogP contribution in [0.3, 0.4) is 0 Å². The van der Waals surface area contributed by atoms with Gasteiger partial charge in [0.1, 0.15) is 11.2 Å². The molecule has 0 fully saturated rings. The number of para-hydroxylation sites is 1. The van der Waals surface area contributed by atoms with Crippen LogP contribution < -0.4 is 26.2 Å². The van der Waals surface area contributed by atoms with Crippen molar-refractivity contribution in [2.24, 2.45) is 0 Å². The molecule has 0 atom stereocenters. The minimum absolute atomic E-state index is 0.0206. The molecule has 2 aliphatic heterocycles. The topological polar surface area (TPSA) is 19.6 Å². The molecule has 0 unspecified atom stereocenters. The number of furan rings is 1. The average molecular weight is 845 g/mol. The molecule has 0 saturated heterocycles. The first-order valence-electron chi connectivity index (χ1n) is 23.3. The van der Waals surface area contributed by atoms with Gasteiger partial charge in [-0.2, -0.15) is 0 Å². The second-order valence-corrected chi connectivity index (χ2v) is 21.6. The molecule has 0 N–H and O–H groups in total. The number of hydrogen-bond acceptors (Lipinski definition) is 3. The Hall–Kier alpha value is -6.78. The Balaban J connectivity index is 1.08. The molecule has 11 rings (SSSR count). The Morgan fingerprint density at radius 2 is 0.877 bits per heavy atom. The maximum atomic E-state index is 6.31. The lowest BCUT2D eigenvalue weighted by atomic mass is 9.33. The van der Waals surface area contributed by atoms with E-state index in [9.17, 15) is 0 Å². The van der Waals surface area contributed by atoms with Gasteiger partial charge in [-0.25, -0.2) is 0 Å². The zero-order valence-corrected chi connectivity index (χ0v) is 39.5. The van der Waals surface area contributed by atoms with Crippen LogP contribution >= 0.6 is 0 Å². The first-order chi connectivity index (χ1) is 31.0. The molecule has 0 amide bonds. The third-order valence-corrected chi connectivity index (χ3v) is 14.0. The molecule has 0 spiro atoms. The lowest BCUT2D eigenvalue weighted by molar-refractivity contribution is 0.590. The molecule has 65 heavy (non-hydrogen) atoms. The minimum atomic E-state index is -0.0214. The van der Waals surface area contributed by atoms with Crippen molar-refractivity contribution < 1.29 is 4.42 Å². The van der Waals surface area contributed by atoms with Crippen LogP contribution in [0.2, 0.25) is 0 Å². The van der Waals surface area contributed by atoms with Gasteiger partial charge in [0.05, 0.1) is 0 Å². The zero-order valence-electron chi connectivity index (χ0n) is 39.5. The van der Waals surface area contributed by atoms with Crippen molar-refractivity contribution in [2.75, 3.05) is 9.80 Å². The van der Waals surface area contributed by atoms with Gasteiger partial charge in [-0.15, -0.1) is 0 Å². The Bertz CT molecular complexity index is 3320. The molecule has 320 valence electrons. The monoisotopic (exact) mass is 844 g/mol. The molecule has 3 nitrogen and oxygen atoms in total. The summed E-state index contributed by atoms with van der Waals surface area (Å²) in [6, 6.07) is 61.7. The summed E-state index contributed by atoms with van der Waals surface area (Å²) in [6.45, 7) is 23.1. The van der Waals surface area contributed by atoms with Gasteiger partial charge in [-0.3, -0.25) is 0 Å². The Kier molecular flexibility index (Phi) is 9.22. The van der Waals surface area contributed by atoms with Crippen molar-refractivity contribution in [3.05, 3.63) is 186 Å². The van der Waals surface area contributed by atoms with Gasteiger partial charge in [0, 0.05) is 44.9 Å². The number of anilines is 6. The summed E-state index contributed by atoms with van der Waals surface area (Å²) >= 11 is 0. The predicted molar refractivity (Wildman–Crippen MR) is 279 cm³/mol. The molecule has 0 aliphatic carbocycles. The van der Waals surface area contributed by atoms with E-state index in [0.29, 0.717) is 0 Å². The van der Waals surface area contributed by atoms with E-state index in [-0.39, 0.29) is 23.0 Å². The fourth-order valence-corrected chi connectivity index (χ4v) is 10.3. The summed E-state index contributed by atoms with van der Waals surface area (Å²) in [4.78, 5) is 5.07. The summed E-state index contributed by atoms with van der Waals surface area (Å²) < 4.78 is 6.31. The van der Waals surface area contributed by atoms with Gasteiger partial charge in [0.15, 0.2) is 0 Å². The van der Waals surface area contributed by atoms with Crippen LogP contribution in [0.25, 0.3) is 44.2 Å². The van der Waals surface area contributed by atoms with Gasteiger partial charge >= 0.3 is 0 Å². The second-order valence-electron chi connectivity index (χ2n) is 21.6. The number of aryl methyl sites for hydroxylation is 1. The summed E-state index contributed by atoms with van der Waals surface area (Å²) in [7, 11) is 0. The predicted octanol–water partition coefficient (Wildman–Crippen LogP) is 15.2. The highest BCUT2D eigenvalue weighted by molar-refractivity contribution is 7.00. The zero-order chi connectivity index (χ0) is 45.2. The third-order valence-electron chi connectivity index (χ3n) is 14.0. The molecular weight excluding hydrogens is 787 g/mol. The number of hydrogen-bond donors (Lipinski definition) is 0. The maximum absolute atomic E-state index is 6.31. The van der Waals surface area contributed by atoms with Gasteiger partial charge in [-0.05, 0) is 151 Å². The molecule has 2 aliphatic rings. The maximum Gasteiger partial charge on any atom is 0.252 e. The van der Waals surface area contributed by atoms with Crippen molar-refractivity contribution in [1.29, 1.82) is 0 Å². The lowest BCUT2D eigenvalue weighted by Gasteiger charge is -2.45. The van der Waals surface area contributed by atoms with Gasteiger partial charge < -0.3 is 14.2 Å². The number of rotatable bonds is 4. The lowest BCUT2D eigenvalue weighted by Crippen LogP contribution is -2.61. The van der Waals surface area contributed by atoms with E-state index in [1.807, 2.05) is 12.1 Å².